The molecule has 0 saturated carbocycles. The molecule has 0 spiro atoms. The van der Waals surface area contributed by atoms with Gasteiger partial charge in [-0.25, -0.2) is 0 Å². The molecule has 0 aliphatic heterocycles. The average Bonchev–Trinajstić information content (AvgIpc) is 2.72. The molecule has 20 heavy (non-hydrogen) atoms. The third-order valence-electron chi connectivity index (χ3n) is 3.01. The van der Waals surface area contributed by atoms with Crippen molar-refractivity contribution in [2.75, 3.05) is 0 Å². The van der Waals surface area contributed by atoms with Crippen LogP contribution in [0.15, 0.2) is 27.1 Å². The van der Waals surface area contributed by atoms with Gasteiger partial charge < -0.3 is 9.84 Å². The second kappa shape index (κ2) is 6.74. The number of aliphatic hydroxyl groups is 1. The van der Waals surface area contributed by atoms with Crippen LogP contribution in [-0.4, -0.2) is 14.9 Å². The molecule has 108 valence electrons. The summed E-state index contributed by atoms with van der Waals surface area (Å²) in [6.07, 6.45) is 0. The Bertz CT molecular complexity index is 611. The first-order valence-electron chi connectivity index (χ1n) is 6.30. The molecule has 0 atom stereocenters. The summed E-state index contributed by atoms with van der Waals surface area (Å²) in [6, 6.07) is 5.60. The first-order valence-corrected chi connectivity index (χ1v) is 7.89. The third-order valence-corrected chi connectivity index (χ3v) is 4.53. The van der Waals surface area contributed by atoms with Gasteiger partial charge >= 0.3 is 0 Å². The molecule has 2 aromatic rings. The van der Waals surface area contributed by atoms with Crippen LogP contribution in [0.3, 0.4) is 0 Å². The number of nitrogens with zero attached hydrogens (tertiary/aromatic N) is 2. The molecule has 0 unspecified atom stereocenters. The van der Waals surface area contributed by atoms with Crippen molar-refractivity contribution in [2.24, 2.45) is 0 Å². The molecule has 0 fully saturated rings. The Labute approximate surface area is 135 Å². The molecule has 6 heteroatoms. The van der Waals surface area contributed by atoms with Crippen molar-refractivity contribution >= 4 is 31.9 Å². The Balaban J connectivity index is 2.21. The van der Waals surface area contributed by atoms with Crippen LogP contribution in [0.5, 0.6) is 5.75 Å². The van der Waals surface area contributed by atoms with Gasteiger partial charge in [-0.3, -0.25) is 4.68 Å². The first kappa shape index (κ1) is 15.5. The smallest absolute Gasteiger partial charge is 0.131 e. The van der Waals surface area contributed by atoms with Crippen LogP contribution in [0.1, 0.15) is 23.9 Å². The Morgan fingerprint density at radius 3 is 2.75 bits per heavy atom. The lowest BCUT2D eigenvalue weighted by molar-refractivity contribution is 0.254. The minimum Gasteiger partial charge on any atom is -0.487 e. The maximum atomic E-state index is 9.37. The molecule has 0 aliphatic carbocycles. The number of rotatable bonds is 5. The maximum Gasteiger partial charge on any atom is 0.131 e. The molecule has 1 aromatic heterocycles. The average molecular weight is 404 g/mol. The van der Waals surface area contributed by atoms with Gasteiger partial charge in [-0.05, 0) is 48.0 Å². The van der Waals surface area contributed by atoms with E-state index in [1.165, 1.54) is 0 Å². The van der Waals surface area contributed by atoms with Crippen molar-refractivity contribution in [1.29, 1.82) is 0 Å². The monoisotopic (exact) mass is 402 g/mol. The lowest BCUT2D eigenvalue weighted by Gasteiger charge is -2.11. The van der Waals surface area contributed by atoms with E-state index >= 15 is 0 Å². The molecule has 0 aliphatic rings. The van der Waals surface area contributed by atoms with Crippen molar-refractivity contribution in [3.63, 3.8) is 0 Å². The van der Waals surface area contributed by atoms with Gasteiger partial charge in [0, 0.05) is 16.6 Å². The molecule has 0 bridgehead atoms. The fourth-order valence-electron chi connectivity index (χ4n) is 1.97. The normalized spacial score (nSPS) is 10.8. The maximum absolute atomic E-state index is 9.37. The highest BCUT2D eigenvalue weighted by molar-refractivity contribution is 9.10. The summed E-state index contributed by atoms with van der Waals surface area (Å²) >= 11 is 6.92. The van der Waals surface area contributed by atoms with E-state index in [1.807, 2.05) is 36.7 Å². The Kier molecular flexibility index (Phi) is 5.23. The lowest BCUT2D eigenvalue weighted by atomic mass is 10.2. The summed E-state index contributed by atoms with van der Waals surface area (Å²) in [6.45, 7) is 5.14. The van der Waals surface area contributed by atoms with E-state index in [0.717, 1.165) is 32.4 Å². The van der Waals surface area contributed by atoms with Gasteiger partial charge in [0.15, 0.2) is 0 Å². The highest BCUT2D eigenvalue weighted by Crippen LogP contribution is 2.26. The number of ether oxygens (including phenoxy) is 1. The number of halogens is 2. The first-order chi connectivity index (χ1) is 9.56. The Hall–Kier alpha value is -0.850. The van der Waals surface area contributed by atoms with Crippen molar-refractivity contribution in [3.05, 3.63) is 44.1 Å². The molecule has 4 nitrogen and oxygen atoms in total. The van der Waals surface area contributed by atoms with E-state index < -0.39 is 0 Å². The number of hydrogen-bond donors (Lipinski definition) is 1. The van der Waals surface area contributed by atoms with Gasteiger partial charge in [-0.1, -0.05) is 15.9 Å². The third kappa shape index (κ3) is 3.24. The standard InChI is InChI=1S/C14H16Br2N2O2/c1-3-18-12(14(16)9(2)17-18)8-20-13-5-4-11(15)6-10(13)7-19/h4-6,19H,3,7-8H2,1-2H3. The van der Waals surface area contributed by atoms with Crippen LogP contribution in [0.2, 0.25) is 0 Å². The highest BCUT2D eigenvalue weighted by atomic mass is 79.9. The summed E-state index contributed by atoms with van der Waals surface area (Å²) in [5.41, 5.74) is 2.70. The number of hydrogen-bond acceptors (Lipinski definition) is 3. The molecular formula is C14H16Br2N2O2. The second-order valence-corrected chi connectivity index (χ2v) is 6.07. The summed E-state index contributed by atoms with van der Waals surface area (Å²) in [4.78, 5) is 0. The van der Waals surface area contributed by atoms with Crippen molar-refractivity contribution in [1.82, 2.24) is 9.78 Å². The molecule has 0 radical (unpaired) electrons. The zero-order valence-corrected chi connectivity index (χ0v) is 14.5. The molecule has 1 heterocycles. The van der Waals surface area contributed by atoms with E-state index in [0.29, 0.717) is 12.4 Å². The fraction of sp³-hybridized carbons (Fsp3) is 0.357. The predicted octanol–water partition coefficient (Wildman–Crippen LogP) is 3.81. The largest absolute Gasteiger partial charge is 0.487 e. The van der Waals surface area contributed by atoms with Gasteiger partial charge in [0.25, 0.3) is 0 Å². The van der Waals surface area contributed by atoms with Gasteiger partial charge in [-0.15, -0.1) is 0 Å². The van der Waals surface area contributed by atoms with E-state index in [2.05, 4.69) is 37.0 Å². The molecule has 0 saturated heterocycles. The second-order valence-electron chi connectivity index (χ2n) is 4.36. The highest BCUT2D eigenvalue weighted by Gasteiger charge is 2.13. The quantitative estimate of drug-likeness (QED) is 0.825. The van der Waals surface area contributed by atoms with Crippen molar-refractivity contribution in [2.45, 2.75) is 33.6 Å². The minimum absolute atomic E-state index is 0.0536. The topological polar surface area (TPSA) is 47.3 Å². The Morgan fingerprint density at radius 2 is 2.10 bits per heavy atom. The van der Waals surface area contributed by atoms with Crippen LogP contribution < -0.4 is 4.74 Å². The molecule has 1 aromatic carbocycles. The Morgan fingerprint density at radius 1 is 1.35 bits per heavy atom. The molecule has 0 amide bonds. The van der Waals surface area contributed by atoms with Crippen LogP contribution in [-0.2, 0) is 19.8 Å². The zero-order valence-electron chi connectivity index (χ0n) is 11.4. The van der Waals surface area contributed by atoms with E-state index in [1.54, 1.807) is 0 Å². The minimum atomic E-state index is -0.0536. The van der Waals surface area contributed by atoms with Crippen LogP contribution in [0.25, 0.3) is 0 Å². The summed E-state index contributed by atoms with van der Waals surface area (Å²) in [7, 11) is 0. The van der Waals surface area contributed by atoms with Gasteiger partial charge in [0.2, 0.25) is 0 Å². The van der Waals surface area contributed by atoms with Crippen LogP contribution in [0.4, 0.5) is 0 Å². The van der Waals surface area contributed by atoms with Gasteiger partial charge in [0.05, 0.1) is 22.5 Å². The summed E-state index contributed by atoms with van der Waals surface area (Å²) in [5.74, 6) is 0.684. The fourth-order valence-corrected chi connectivity index (χ4v) is 2.77. The molecule has 1 N–H and O–H groups in total. The van der Waals surface area contributed by atoms with Crippen LogP contribution in [0, 0.1) is 6.92 Å². The lowest BCUT2D eigenvalue weighted by Crippen LogP contribution is -2.07. The molecular weight excluding hydrogens is 388 g/mol. The van der Waals surface area contributed by atoms with Gasteiger partial charge in [-0.2, -0.15) is 5.10 Å². The number of aryl methyl sites for hydroxylation is 2. The summed E-state index contributed by atoms with van der Waals surface area (Å²) < 4.78 is 9.64. The van der Waals surface area contributed by atoms with Crippen molar-refractivity contribution < 1.29 is 9.84 Å². The van der Waals surface area contributed by atoms with E-state index in [4.69, 9.17) is 4.74 Å². The number of aliphatic hydroxyl groups excluding tert-OH is 1. The van der Waals surface area contributed by atoms with Crippen molar-refractivity contribution in [3.8, 4) is 5.75 Å². The summed E-state index contributed by atoms with van der Waals surface area (Å²) in [5, 5.41) is 13.8. The zero-order chi connectivity index (χ0) is 14.7. The van der Waals surface area contributed by atoms with Gasteiger partial charge in [0.1, 0.15) is 12.4 Å². The van der Waals surface area contributed by atoms with Crippen LogP contribution >= 0.6 is 31.9 Å². The van der Waals surface area contributed by atoms with E-state index in [-0.39, 0.29) is 6.61 Å². The number of aromatic nitrogens is 2. The predicted molar refractivity (Wildman–Crippen MR) is 84.7 cm³/mol. The number of benzene rings is 1. The van der Waals surface area contributed by atoms with E-state index in [9.17, 15) is 5.11 Å². The molecule has 2 rings (SSSR count). The SMILES string of the molecule is CCn1nc(C)c(Br)c1COc1ccc(Br)cc1CO.